The first-order chi connectivity index (χ1) is 13.6. The predicted molar refractivity (Wildman–Crippen MR) is 108 cm³/mol. The van der Waals surface area contributed by atoms with Gasteiger partial charge in [0.2, 0.25) is 0 Å². The summed E-state index contributed by atoms with van der Waals surface area (Å²) >= 11 is 0. The largest absolute Gasteiger partial charge is 0.497 e. The van der Waals surface area contributed by atoms with Crippen molar-refractivity contribution in [1.82, 2.24) is 9.97 Å². The van der Waals surface area contributed by atoms with Crippen LogP contribution >= 0.6 is 0 Å². The number of hydrogen-bond acceptors (Lipinski definition) is 6. The third kappa shape index (κ3) is 2.76. The molecule has 7 heteroatoms. The number of fused-ring (bicyclic) bond motifs is 1. The van der Waals surface area contributed by atoms with Crippen molar-refractivity contribution in [2.24, 2.45) is 5.73 Å². The molecule has 4 rings (SSSR count). The SMILES string of the molecule is CC[C@H]1C(=O)C(c2nc3ccccc3[nH]2)=C(N)N1c1cc(OC)cc(OC)c1. The van der Waals surface area contributed by atoms with E-state index in [-0.39, 0.29) is 5.78 Å². The fraction of sp³-hybridized carbons (Fsp3) is 0.238. The van der Waals surface area contributed by atoms with E-state index in [4.69, 9.17) is 15.2 Å². The highest BCUT2D eigenvalue weighted by Crippen LogP contribution is 2.38. The Hall–Kier alpha value is -3.48. The molecule has 1 atom stereocenters. The lowest BCUT2D eigenvalue weighted by Crippen LogP contribution is -2.36. The van der Waals surface area contributed by atoms with Gasteiger partial charge in [-0.2, -0.15) is 0 Å². The van der Waals surface area contributed by atoms with Crippen LogP contribution in [0.15, 0.2) is 48.3 Å². The molecule has 28 heavy (non-hydrogen) atoms. The number of nitrogens with zero attached hydrogens (tertiary/aromatic N) is 2. The molecule has 3 N–H and O–H groups in total. The number of ether oxygens (including phenoxy) is 2. The number of nitrogens with two attached hydrogens (primary N) is 1. The summed E-state index contributed by atoms with van der Waals surface area (Å²) in [6.45, 7) is 1.96. The molecule has 3 aromatic rings. The molecule has 0 fully saturated rings. The number of hydrogen-bond donors (Lipinski definition) is 2. The number of imidazole rings is 1. The second kappa shape index (κ2) is 6.92. The molecule has 0 bridgehead atoms. The highest BCUT2D eigenvalue weighted by molar-refractivity contribution is 6.27. The maximum Gasteiger partial charge on any atom is 0.193 e. The van der Waals surface area contributed by atoms with Gasteiger partial charge in [-0.25, -0.2) is 4.98 Å². The molecule has 0 aliphatic carbocycles. The van der Waals surface area contributed by atoms with Gasteiger partial charge in [0.25, 0.3) is 0 Å². The fourth-order valence-electron chi connectivity index (χ4n) is 3.63. The van der Waals surface area contributed by atoms with E-state index in [2.05, 4.69) is 9.97 Å². The molecule has 0 radical (unpaired) electrons. The summed E-state index contributed by atoms with van der Waals surface area (Å²) in [4.78, 5) is 22.8. The summed E-state index contributed by atoms with van der Waals surface area (Å²) in [5.41, 5.74) is 9.29. The van der Waals surface area contributed by atoms with Crippen LogP contribution in [0.3, 0.4) is 0 Å². The molecule has 2 aromatic carbocycles. The van der Waals surface area contributed by atoms with E-state index in [1.807, 2.05) is 48.2 Å². The van der Waals surface area contributed by atoms with E-state index in [1.165, 1.54) is 0 Å². The zero-order valence-electron chi connectivity index (χ0n) is 16.0. The second-order valence-corrected chi connectivity index (χ2v) is 6.59. The number of H-pyrrole nitrogens is 1. The average Bonchev–Trinajstić information content (AvgIpc) is 3.24. The predicted octanol–water partition coefficient (Wildman–Crippen LogP) is 3.08. The first-order valence-electron chi connectivity index (χ1n) is 9.08. The van der Waals surface area contributed by atoms with Crippen molar-refractivity contribution in [2.45, 2.75) is 19.4 Å². The summed E-state index contributed by atoms with van der Waals surface area (Å²) in [5, 5.41) is 0. The number of nitrogens with one attached hydrogen (secondary N) is 1. The van der Waals surface area contributed by atoms with E-state index in [1.54, 1.807) is 20.3 Å². The van der Waals surface area contributed by atoms with Crippen molar-refractivity contribution >= 4 is 28.1 Å². The third-order valence-corrected chi connectivity index (χ3v) is 5.00. The van der Waals surface area contributed by atoms with Gasteiger partial charge >= 0.3 is 0 Å². The molecular weight excluding hydrogens is 356 g/mol. The lowest BCUT2D eigenvalue weighted by molar-refractivity contribution is -0.114. The van der Waals surface area contributed by atoms with E-state index >= 15 is 0 Å². The van der Waals surface area contributed by atoms with Gasteiger partial charge in [0, 0.05) is 18.2 Å². The molecule has 1 aliphatic heterocycles. The number of aromatic amines is 1. The van der Waals surface area contributed by atoms with Crippen LogP contribution in [0.2, 0.25) is 0 Å². The number of carbonyl (C=O) groups excluding carboxylic acids is 1. The van der Waals surface area contributed by atoms with Crippen LogP contribution in [0.25, 0.3) is 16.6 Å². The third-order valence-electron chi connectivity index (χ3n) is 5.00. The van der Waals surface area contributed by atoms with Gasteiger partial charge in [0.05, 0.1) is 37.0 Å². The molecule has 0 saturated heterocycles. The number of benzene rings is 2. The zero-order valence-corrected chi connectivity index (χ0v) is 16.0. The number of anilines is 1. The zero-order chi connectivity index (χ0) is 19.8. The standard InChI is InChI=1S/C21H22N4O3/c1-4-17-19(26)18(21-23-15-7-5-6-8-16(15)24-21)20(22)25(17)12-9-13(27-2)11-14(10-12)28-3/h5-11,17H,4,22H2,1-3H3,(H,23,24)/t17-/m0/s1. The Kier molecular flexibility index (Phi) is 4.43. The second-order valence-electron chi connectivity index (χ2n) is 6.59. The van der Waals surface area contributed by atoms with E-state index < -0.39 is 6.04 Å². The average molecular weight is 378 g/mol. The van der Waals surface area contributed by atoms with Crippen LogP contribution in [0.4, 0.5) is 5.69 Å². The summed E-state index contributed by atoms with van der Waals surface area (Å²) in [6, 6.07) is 12.7. The summed E-state index contributed by atoms with van der Waals surface area (Å²) in [7, 11) is 3.17. The van der Waals surface area contributed by atoms with Crippen molar-refractivity contribution < 1.29 is 14.3 Å². The van der Waals surface area contributed by atoms with Crippen LogP contribution in [0.5, 0.6) is 11.5 Å². The van der Waals surface area contributed by atoms with Crippen LogP contribution in [0, 0.1) is 0 Å². The molecule has 1 aliphatic rings. The number of Topliss-reactive ketones (excluding diaryl/α,β-unsaturated/α-hetero) is 1. The minimum Gasteiger partial charge on any atom is -0.497 e. The van der Waals surface area contributed by atoms with Crippen LogP contribution in [-0.4, -0.2) is 36.0 Å². The van der Waals surface area contributed by atoms with E-state index in [0.29, 0.717) is 35.1 Å². The molecule has 0 unspecified atom stereocenters. The highest BCUT2D eigenvalue weighted by atomic mass is 16.5. The van der Waals surface area contributed by atoms with Gasteiger partial charge in [-0.15, -0.1) is 0 Å². The minimum absolute atomic E-state index is 0.0548. The van der Waals surface area contributed by atoms with Gasteiger partial charge in [-0.3, -0.25) is 4.79 Å². The Morgan fingerprint density at radius 2 is 1.82 bits per heavy atom. The van der Waals surface area contributed by atoms with Gasteiger partial charge in [-0.05, 0) is 18.6 Å². The molecule has 144 valence electrons. The molecule has 0 spiro atoms. The van der Waals surface area contributed by atoms with Crippen LogP contribution in [0.1, 0.15) is 19.2 Å². The maximum atomic E-state index is 13.2. The molecular formula is C21H22N4O3. The smallest absolute Gasteiger partial charge is 0.193 e. The van der Waals surface area contributed by atoms with Gasteiger partial charge in [0.15, 0.2) is 5.78 Å². The lowest BCUT2D eigenvalue weighted by Gasteiger charge is -2.26. The van der Waals surface area contributed by atoms with Crippen LogP contribution < -0.4 is 20.1 Å². The number of rotatable bonds is 5. The highest BCUT2D eigenvalue weighted by Gasteiger charge is 2.40. The van der Waals surface area contributed by atoms with E-state index in [9.17, 15) is 4.79 Å². The minimum atomic E-state index is -0.417. The first-order valence-corrected chi connectivity index (χ1v) is 9.08. The summed E-state index contributed by atoms with van der Waals surface area (Å²) < 4.78 is 10.7. The molecule has 7 nitrogen and oxygen atoms in total. The number of aromatic nitrogens is 2. The number of ketones is 1. The summed E-state index contributed by atoms with van der Waals surface area (Å²) in [6.07, 6.45) is 0.600. The lowest BCUT2D eigenvalue weighted by atomic mass is 10.1. The molecule has 0 amide bonds. The van der Waals surface area contributed by atoms with Crippen molar-refractivity contribution in [3.8, 4) is 11.5 Å². The van der Waals surface area contributed by atoms with Gasteiger partial charge in [0.1, 0.15) is 28.7 Å². The van der Waals surface area contributed by atoms with E-state index in [0.717, 1.165) is 16.7 Å². The Morgan fingerprint density at radius 1 is 1.14 bits per heavy atom. The van der Waals surface area contributed by atoms with Gasteiger partial charge in [-0.1, -0.05) is 19.1 Å². The Labute approximate surface area is 162 Å². The van der Waals surface area contributed by atoms with Crippen molar-refractivity contribution in [3.63, 3.8) is 0 Å². The fourth-order valence-corrected chi connectivity index (χ4v) is 3.63. The maximum absolute atomic E-state index is 13.2. The summed E-state index contributed by atoms with van der Waals surface area (Å²) in [5.74, 6) is 2.05. The Morgan fingerprint density at radius 3 is 2.43 bits per heavy atom. The quantitative estimate of drug-likeness (QED) is 0.709. The molecule has 2 heterocycles. The molecule has 1 aromatic heterocycles. The van der Waals surface area contributed by atoms with Crippen LogP contribution in [-0.2, 0) is 4.79 Å². The molecule has 0 saturated carbocycles. The number of carbonyl (C=O) groups is 1. The first kappa shape index (κ1) is 17.9. The van der Waals surface area contributed by atoms with Gasteiger partial charge < -0.3 is 25.1 Å². The normalized spacial score (nSPS) is 16.9. The van der Waals surface area contributed by atoms with Crippen molar-refractivity contribution in [2.75, 3.05) is 19.1 Å². The topological polar surface area (TPSA) is 93.5 Å². The van der Waals surface area contributed by atoms with Crippen molar-refractivity contribution in [1.29, 1.82) is 0 Å². The van der Waals surface area contributed by atoms with Crippen molar-refractivity contribution in [3.05, 3.63) is 54.1 Å². The Bertz CT molecular complexity index is 1030. The Balaban J connectivity index is 1.86. The number of para-hydroxylation sites is 2. The monoisotopic (exact) mass is 378 g/mol. The number of methoxy groups -OCH3 is 2.